The van der Waals surface area contributed by atoms with Gasteiger partial charge in [-0.3, -0.25) is 14.2 Å². The van der Waals surface area contributed by atoms with E-state index < -0.39 is 12.0 Å². The standard InChI is InChI=1S/C23H27N3O4S/c1-6-15-10-9-11-16(7-2)18(15)25-20(27)14(5)26-12-24-21-17(22(26)28)13(4)19(31-21)23(29)30-8-3/h9-12,14H,6-8H2,1-5H3,(H,25,27). The van der Waals surface area contributed by atoms with Crippen molar-refractivity contribution >= 4 is 39.1 Å². The number of benzene rings is 1. The molecule has 0 saturated carbocycles. The number of amides is 1. The minimum Gasteiger partial charge on any atom is -0.462 e. The predicted molar refractivity (Wildman–Crippen MR) is 123 cm³/mol. The Morgan fingerprint density at radius 1 is 1.19 bits per heavy atom. The van der Waals surface area contributed by atoms with Crippen LogP contribution in [-0.2, 0) is 22.4 Å². The number of para-hydroxylation sites is 1. The topological polar surface area (TPSA) is 90.3 Å². The molecule has 164 valence electrons. The van der Waals surface area contributed by atoms with Gasteiger partial charge < -0.3 is 10.1 Å². The van der Waals surface area contributed by atoms with E-state index in [9.17, 15) is 14.4 Å². The number of carbonyl (C=O) groups is 2. The Kier molecular flexibility index (Phi) is 6.90. The highest BCUT2D eigenvalue weighted by Crippen LogP contribution is 2.28. The fourth-order valence-corrected chi connectivity index (χ4v) is 4.59. The number of thiophene rings is 1. The molecule has 0 spiro atoms. The lowest BCUT2D eigenvalue weighted by Crippen LogP contribution is -2.32. The molecule has 0 radical (unpaired) electrons. The van der Waals surface area contributed by atoms with Crippen LogP contribution in [0.25, 0.3) is 10.2 Å². The van der Waals surface area contributed by atoms with Gasteiger partial charge in [0.1, 0.15) is 15.7 Å². The van der Waals surface area contributed by atoms with Crippen molar-refractivity contribution in [1.82, 2.24) is 9.55 Å². The summed E-state index contributed by atoms with van der Waals surface area (Å²) >= 11 is 1.13. The zero-order valence-corrected chi connectivity index (χ0v) is 19.3. The molecule has 2 aromatic heterocycles. The Balaban J connectivity index is 1.98. The third-order valence-corrected chi connectivity index (χ3v) is 6.56. The minimum absolute atomic E-state index is 0.250. The highest BCUT2D eigenvalue weighted by atomic mass is 32.1. The van der Waals surface area contributed by atoms with E-state index in [2.05, 4.69) is 10.3 Å². The highest BCUT2D eigenvalue weighted by molar-refractivity contribution is 7.20. The molecule has 0 aliphatic carbocycles. The number of fused-ring (bicyclic) bond motifs is 1. The average Bonchev–Trinajstić information content (AvgIpc) is 3.11. The largest absolute Gasteiger partial charge is 0.462 e. The number of anilines is 1. The molecule has 1 unspecified atom stereocenters. The summed E-state index contributed by atoms with van der Waals surface area (Å²) in [4.78, 5) is 43.6. The Morgan fingerprint density at radius 2 is 1.84 bits per heavy atom. The summed E-state index contributed by atoms with van der Waals surface area (Å²) in [5.41, 5.74) is 3.09. The second-order valence-corrected chi connectivity index (χ2v) is 8.24. The first-order chi connectivity index (χ1) is 14.8. The number of nitrogens with one attached hydrogen (secondary N) is 1. The van der Waals surface area contributed by atoms with Gasteiger partial charge in [0.05, 0.1) is 18.3 Å². The molecule has 0 bridgehead atoms. The number of hydrogen-bond acceptors (Lipinski definition) is 6. The van der Waals surface area contributed by atoms with Crippen LogP contribution in [-0.4, -0.2) is 28.0 Å². The van der Waals surface area contributed by atoms with Crippen LogP contribution in [0.5, 0.6) is 0 Å². The van der Waals surface area contributed by atoms with Crippen molar-refractivity contribution in [2.24, 2.45) is 0 Å². The molecule has 1 amide bonds. The van der Waals surface area contributed by atoms with E-state index in [0.29, 0.717) is 20.7 Å². The molecule has 1 atom stereocenters. The molecule has 1 N–H and O–H groups in total. The maximum atomic E-state index is 13.2. The average molecular weight is 442 g/mol. The fourth-order valence-electron chi connectivity index (χ4n) is 3.56. The van der Waals surface area contributed by atoms with E-state index in [-0.39, 0.29) is 18.1 Å². The lowest BCUT2D eigenvalue weighted by molar-refractivity contribution is -0.118. The van der Waals surface area contributed by atoms with Crippen LogP contribution < -0.4 is 10.9 Å². The van der Waals surface area contributed by atoms with Crippen LogP contribution in [0.15, 0.2) is 29.3 Å². The first kappa shape index (κ1) is 22.7. The van der Waals surface area contributed by atoms with Crippen LogP contribution in [0.4, 0.5) is 5.69 Å². The monoisotopic (exact) mass is 441 g/mol. The van der Waals surface area contributed by atoms with Crippen LogP contribution >= 0.6 is 11.3 Å². The summed E-state index contributed by atoms with van der Waals surface area (Å²) in [6.07, 6.45) is 2.94. The first-order valence-electron chi connectivity index (χ1n) is 10.4. The van der Waals surface area contributed by atoms with Gasteiger partial charge in [0.15, 0.2) is 0 Å². The fraction of sp³-hybridized carbons (Fsp3) is 0.391. The van der Waals surface area contributed by atoms with Crippen molar-refractivity contribution in [2.45, 2.75) is 53.5 Å². The number of nitrogens with zero attached hydrogens (tertiary/aromatic N) is 2. The van der Waals surface area contributed by atoms with Gasteiger partial charge in [0, 0.05) is 5.69 Å². The van der Waals surface area contributed by atoms with Gasteiger partial charge in [0.25, 0.3) is 5.56 Å². The minimum atomic E-state index is -0.774. The lowest BCUT2D eigenvalue weighted by atomic mass is 10.0. The molecular weight excluding hydrogens is 414 g/mol. The van der Waals surface area contributed by atoms with Gasteiger partial charge in [-0.25, -0.2) is 9.78 Å². The maximum Gasteiger partial charge on any atom is 0.348 e. The van der Waals surface area contributed by atoms with Crippen molar-refractivity contribution in [1.29, 1.82) is 0 Å². The number of rotatable bonds is 7. The molecule has 3 aromatic rings. The quantitative estimate of drug-likeness (QED) is 0.553. The Hall–Kier alpha value is -3.00. The van der Waals surface area contributed by atoms with Crippen LogP contribution in [0.3, 0.4) is 0 Å². The number of aryl methyl sites for hydroxylation is 3. The Labute approximate surface area is 185 Å². The third kappa shape index (κ3) is 4.25. The summed E-state index contributed by atoms with van der Waals surface area (Å²) in [7, 11) is 0. The van der Waals surface area contributed by atoms with Crippen molar-refractivity contribution in [3.05, 3.63) is 56.4 Å². The number of esters is 1. The molecule has 8 heteroatoms. The number of hydrogen-bond donors (Lipinski definition) is 1. The molecule has 31 heavy (non-hydrogen) atoms. The number of carbonyl (C=O) groups excluding carboxylic acids is 2. The molecule has 0 fully saturated rings. The van der Waals surface area contributed by atoms with Crippen molar-refractivity contribution in [3.63, 3.8) is 0 Å². The number of ether oxygens (including phenoxy) is 1. The highest BCUT2D eigenvalue weighted by Gasteiger charge is 2.24. The zero-order valence-electron chi connectivity index (χ0n) is 18.4. The maximum absolute atomic E-state index is 13.2. The van der Waals surface area contributed by atoms with E-state index in [1.807, 2.05) is 32.0 Å². The molecule has 2 heterocycles. The SMILES string of the molecule is CCOC(=O)c1sc2ncn(C(C)C(=O)Nc3c(CC)cccc3CC)c(=O)c2c1C. The second kappa shape index (κ2) is 9.43. The molecular formula is C23H27N3O4S. The van der Waals surface area contributed by atoms with Crippen LogP contribution in [0.2, 0.25) is 0 Å². The van der Waals surface area contributed by atoms with E-state index in [4.69, 9.17) is 4.74 Å². The Bertz CT molecular complexity index is 1170. The van der Waals surface area contributed by atoms with Crippen LogP contribution in [0, 0.1) is 6.92 Å². The molecule has 3 rings (SSSR count). The van der Waals surface area contributed by atoms with E-state index >= 15 is 0 Å². The summed E-state index contributed by atoms with van der Waals surface area (Å²) in [6, 6.07) is 5.19. The summed E-state index contributed by atoms with van der Waals surface area (Å²) in [6.45, 7) is 9.42. The van der Waals surface area contributed by atoms with Crippen molar-refractivity contribution < 1.29 is 14.3 Å². The van der Waals surface area contributed by atoms with Crippen molar-refractivity contribution in [3.8, 4) is 0 Å². The van der Waals surface area contributed by atoms with E-state index in [1.54, 1.807) is 20.8 Å². The van der Waals surface area contributed by atoms with Gasteiger partial charge in [-0.1, -0.05) is 32.0 Å². The third-order valence-electron chi connectivity index (χ3n) is 5.38. The van der Waals surface area contributed by atoms with Gasteiger partial charge >= 0.3 is 5.97 Å². The molecule has 0 aliphatic heterocycles. The number of aromatic nitrogens is 2. The van der Waals surface area contributed by atoms with E-state index in [0.717, 1.165) is 41.0 Å². The van der Waals surface area contributed by atoms with Crippen molar-refractivity contribution in [2.75, 3.05) is 11.9 Å². The van der Waals surface area contributed by atoms with Gasteiger partial charge in [0.2, 0.25) is 5.91 Å². The van der Waals surface area contributed by atoms with Gasteiger partial charge in [-0.2, -0.15) is 0 Å². The molecule has 7 nitrogen and oxygen atoms in total. The second-order valence-electron chi connectivity index (χ2n) is 7.24. The zero-order chi connectivity index (χ0) is 22.7. The predicted octanol–water partition coefficient (Wildman–Crippen LogP) is 4.27. The van der Waals surface area contributed by atoms with Gasteiger partial charge in [-0.15, -0.1) is 11.3 Å². The summed E-state index contributed by atoms with van der Waals surface area (Å²) < 4.78 is 6.39. The molecule has 0 saturated heterocycles. The summed E-state index contributed by atoms with van der Waals surface area (Å²) in [5, 5.41) is 3.36. The van der Waals surface area contributed by atoms with Crippen LogP contribution in [0.1, 0.15) is 60.1 Å². The Morgan fingerprint density at radius 3 is 2.42 bits per heavy atom. The summed E-state index contributed by atoms with van der Waals surface area (Å²) in [5.74, 6) is -0.764. The first-order valence-corrected chi connectivity index (χ1v) is 11.2. The molecule has 1 aromatic carbocycles. The molecule has 0 aliphatic rings. The normalized spacial score (nSPS) is 12.0. The van der Waals surface area contributed by atoms with Gasteiger partial charge in [-0.05, 0) is 50.3 Å². The lowest BCUT2D eigenvalue weighted by Gasteiger charge is -2.18. The smallest absolute Gasteiger partial charge is 0.348 e. The van der Waals surface area contributed by atoms with E-state index in [1.165, 1.54) is 10.9 Å².